The van der Waals surface area contributed by atoms with Crippen molar-refractivity contribution in [2.75, 3.05) is 23.3 Å². The van der Waals surface area contributed by atoms with Crippen LogP contribution >= 0.6 is 11.6 Å². The summed E-state index contributed by atoms with van der Waals surface area (Å²) in [5, 5.41) is 4.00. The molecule has 0 amide bonds. The van der Waals surface area contributed by atoms with E-state index in [2.05, 4.69) is 34.0 Å². The Morgan fingerprint density at radius 1 is 1.10 bits per heavy atom. The van der Waals surface area contributed by atoms with Crippen LogP contribution in [0, 0.1) is 13.8 Å². The molecule has 0 saturated heterocycles. The summed E-state index contributed by atoms with van der Waals surface area (Å²) in [4.78, 5) is 11.3. The van der Waals surface area contributed by atoms with Crippen LogP contribution in [0.2, 0.25) is 5.02 Å². The Hall–Kier alpha value is -1.81. The minimum Gasteiger partial charge on any atom is -0.357 e. The minimum atomic E-state index is 0.613. The highest BCUT2D eigenvalue weighted by Gasteiger charge is 2.08. The molecule has 4 nitrogen and oxygen atoms in total. The number of benzene rings is 1. The molecule has 0 radical (unpaired) electrons. The Kier molecular flexibility index (Phi) is 5.02. The molecule has 5 heteroatoms. The standard InChI is InChI=1S/C16H21ClN4/c1-5-21(6-2)15-10-12(4)18-16(20-15)19-14-8-7-13(17)9-11(14)3/h7-10H,5-6H2,1-4H3,(H,18,19,20). The van der Waals surface area contributed by atoms with Crippen molar-refractivity contribution in [2.24, 2.45) is 0 Å². The van der Waals surface area contributed by atoms with Gasteiger partial charge in [-0.2, -0.15) is 4.98 Å². The van der Waals surface area contributed by atoms with Crippen molar-refractivity contribution >= 4 is 29.1 Å². The highest BCUT2D eigenvalue weighted by Crippen LogP contribution is 2.23. The molecule has 0 unspecified atom stereocenters. The molecule has 0 aliphatic carbocycles. The molecule has 0 aliphatic heterocycles. The lowest BCUT2D eigenvalue weighted by molar-refractivity contribution is 0.840. The van der Waals surface area contributed by atoms with Crippen LogP contribution in [0.15, 0.2) is 24.3 Å². The zero-order chi connectivity index (χ0) is 15.4. The average Bonchev–Trinajstić information content (AvgIpc) is 2.43. The highest BCUT2D eigenvalue weighted by molar-refractivity contribution is 6.30. The molecule has 0 atom stereocenters. The van der Waals surface area contributed by atoms with E-state index < -0.39 is 0 Å². The third-order valence-electron chi connectivity index (χ3n) is 3.36. The molecule has 21 heavy (non-hydrogen) atoms. The molecule has 1 aromatic heterocycles. The predicted octanol–water partition coefficient (Wildman–Crippen LogP) is 4.34. The molecule has 1 N–H and O–H groups in total. The number of halogens is 1. The Morgan fingerprint density at radius 2 is 1.81 bits per heavy atom. The first-order valence-electron chi connectivity index (χ1n) is 7.17. The number of hydrogen-bond donors (Lipinski definition) is 1. The summed E-state index contributed by atoms with van der Waals surface area (Å²) in [6.07, 6.45) is 0. The fourth-order valence-electron chi connectivity index (χ4n) is 2.21. The van der Waals surface area contributed by atoms with Gasteiger partial charge in [-0.3, -0.25) is 0 Å². The van der Waals surface area contributed by atoms with Crippen LogP contribution in [0.1, 0.15) is 25.1 Å². The third-order valence-corrected chi connectivity index (χ3v) is 3.60. The number of hydrogen-bond acceptors (Lipinski definition) is 4. The van der Waals surface area contributed by atoms with E-state index in [1.165, 1.54) is 0 Å². The topological polar surface area (TPSA) is 41.1 Å². The summed E-state index contributed by atoms with van der Waals surface area (Å²) in [7, 11) is 0. The van der Waals surface area contributed by atoms with Crippen LogP contribution in [0.25, 0.3) is 0 Å². The quantitative estimate of drug-likeness (QED) is 0.892. The van der Waals surface area contributed by atoms with Crippen molar-refractivity contribution in [1.29, 1.82) is 0 Å². The molecule has 2 rings (SSSR count). The maximum absolute atomic E-state index is 5.98. The first-order chi connectivity index (χ1) is 10.0. The second-order valence-corrected chi connectivity index (χ2v) is 5.38. The van der Waals surface area contributed by atoms with Crippen molar-refractivity contribution in [3.8, 4) is 0 Å². The fourth-order valence-corrected chi connectivity index (χ4v) is 2.43. The second kappa shape index (κ2) is 6.76. The normalized spacial score (nSPS) is 10.5. The smallest absolute Gasteiger partial charge is 0.229 e. The summed E-state index contributed by atoms with van der Waals surface area (Å²) < 4.78 is 0. The lowest BCUT2D eigenvalue weighted by Crippen LogP contribution is -2.23. The number of anilines is 3. The number of nitrogens with one attached hydrogen (secondary N) is 1. The summed E-state index contributed by atoms with van der Waals surface area (Å²) in [5.41, 5.74) is 2.98. The van der Waals surface area contributed by atoms with Gasteiger partial charge in [0, 0.05) is 35.6 Å². The molecular formula is C16H21ClN4. The summed E-state index contributed by atoms with van der Waals surface area (Å²) in [6.45, 7) is 10.1. The van der Waals surface area contributed by atoms with Crippen LogP contribution < -0.4 is 10.2 Å². The van der Waals surface area contributed by atoms with Gasteiger partial charge in [0.15, 0.2) is 0 Å². The van der Waals surface area contributed by atoms with E-state index >= 15 is 0 Å². The van der Waals surface area contributed by atoms with Crippen LogP contribution in [0.4, 0.5) is 17.5 Å². The molecule has 0 fully saturated rings. The van der Waals surface area contributed by atoms with Crippen molar-refractivity contribution in [2.45, 2.75) is 27.7 Å². The third kappa shape index (κ3) is 3.85. The van der Waals surface area contributed by atoms with E-state index in [1.807, 2.05) is 38.1 Å². The Labute approximate surface area is 131 Å². The van der Waals surface area contributed by atoms with Crippen LogP contribution in [0.5, 0.6) is 0 Å². The van der Waals surface area contributed by atoms with Crippen LogP contribution in [-0.4, -0.2) is 23.1 Å². The fraction of sp³-hybridized carbons (Fsp3) is 0.375. The van der Waals surface area contributed by atoms with Gasteiger partial charge in [0.2, 0.25) is 5.95 Å². The van der Waals surface area contributed by atoms with Crippen LogP contribution in [-0.2, 0) is 0 Å². The molecule has 112 valence electrons. The molecule has 2 aromatic rings. The van der Waals surface area contributed by atoms with Gasteiger partial charge in [-0.25, -0.2) is 4.98 Å². The van der Waals surface area contributed by atoms with E-state index in [0.29, 0.717) is 5.95 Å². The monoisotopic (exact) mass is 304 g/mol. The van der Waals surface area contributed by atoms with Crippen LogP contribution in [0.3, 0.4) is 0 Å². The van der Waals surface area contributed by atoms with E-state index in [9.17, 15) is 0 Å². The molecule has 0 bridgehead atoms. The molecule has 0 aliphatic rings. The summed E-state index contributed by atoms with van der Waals surface area (Å²) >= 11 is 5.98. The van der Waals surface area contributed by atoms with Gasteiger partial charge >= 0.3 is 0 Å². The Balaban J connectivity index is 2.31. The average molecular weight is 305 g/mol. The van der Waals surface area contributed by atoms with Crippen molar-refractivity contribution < 1.29 is 0 Å². The lowest BCUT2D eigenvalue weighted by atomic mass is 10.2. The Morgan fingerprint density at radius 3 is 2.43 bits per heavy atom. The van der Waals surface area contributed by atoms with Gasteiger partial charge < -0.3 is 10.2 Å². The van der Waals surface area contributed by atoms with E-state index in [1.54, 1.807) is 0 Å². The lowest BCUT2D eigenvalue weighted by Gasteiger charge is -2.20. The van der Waals surface area contributed by atoms with Gasteiger partial charge in [-0.05, 0) is 51.5 Å². The minimum absolute atomic E-state index is 0.613. The number of aromatic nitrogens is 2. The number of aryl methyl sites for hydroxylation is 2. The molecule has 1 heterocycles. The van der Waals surface area contributed by atoms with Crippen molar-refractivity contribution in [3.63, 3.8) is 0 Å². The van der Waals surface area contributed by atoms with Gasteiger partial charge in [-0.15, -0.1) is 0 Å². The zero-order valence-electron chi connectivity index (χ0n) is 12.9. The SMILES string of the molecule is CCN(CC)c1cc(C)nc(Nc2ccc(Cl)cc2C)n1. The zero-order valence-corrected chi connectivity index (χ0v) is 13.7. The predicted molar refractivity (Wildman–Crippen MR) is 89.8 cm³/mol. The molecular weight excluding hydrogens is 284 g/mol. The van der Waals surface area contributed by atoms with Gasteiger partial charge in [0.05, 0.1) is 0 Å². The largest absolute Gasteiger partial charge is 0.357 e. The van der Waals surface area contributed by atoms with Crippen molar-refractivity contribution in [1.82, 2.24) is 9.97 Å². The van der Waals surface area contributed by atoms with E-state index in [4.69, 9.17) is 11.6 Å². The highest BCUT2D eigenvalue weighted by atomic mass is 35.5. The van der Waals surface area contributed by atoms with E-state index in [0.717, 1.165) is 40.9 Å². The van der Waals surface area contributed by atoms with Crippen molar-refractivity contribution in [3.05, 3.63) is 40.5 Å². The Bertz CT molecular complexity index is 624. The molecule has 1 aromatic carbocycles. The maximum atomic E-state index is 5.98. The summed E-state index contributed by atoms with van der Waals surface area (Å²) in [6, 6.07) is 7.73. The molecule has 0 saturated carbocycles. The second-order valence-electron chi connectivity index (χ2n) is 4.95. The van der Waals surface area contributed by atoms with Gasteiger partial charge in [0.25, 0.3) is 0 Å². The molecule has 0 spiro atoms. The number of nitrogens with zero attached hydrogens (tertiary/aromatic N) is 3. The first-order valence-corrected chi connectivity index (χ1v) is 7.55. The van der Waals surface area contributed by atoms with Gasteiger partial charge in [0.1, 0.15) is 5.82 Å². The van der Waals surface area contributed by atoms with E-state index in [-0.39, 0.29) is 0 Å². The first kappa shape index (κ1) is 15.6. The number of rotatable bonds is 5. The van der Waals surface area contributed by atoms with Gasteiger partial charge in [-0.1, -0.05) is 11.6 Å². The maximum Gasteiger partial charge on any atom is 0.229 e. The summed E-state index contributed by atoms with van der Waals surface area (Å²) in [5.74, 6) is 1.56.